The van der Waals surface area contributed by atoms with Crippen LogP contribution in [0.5, 0.6) is 0 Å². The van der Waals surface area contributed by atoms with E-state index in [9.17, 15) is 22.8 Å². The van der Waals surface area contributed by atoms with Crippen molar-refractivity contribution in [2.24, 2.45) is 0 Å². The van der Waals surface area contributed by atoms with Crippen LogP contribution < -0.4 is 5.32 Å². The molecule has 1 unspecified atom stereocenters. The Hall–Kier alpha value is -2.33. The van der Waals surface area contributed by atoms with E-state index < -0.39 is 34.3 Å². The first-order valence-corrected chi connectivity index (χ1v) is 9.76. The normalized spacial score (nSPS) is 19.3. The zero-order valence-corrected chi connectivity index (χ0v) is 17.1. The number of halogens is 3. The molecule has 1 fully saturated rings. The standard InChI is InChI=1S/C19H17F3N2O3S2/c1-18(2)14(16(26)24(17(28)29-18)10-13-7-4-8-27-13)23-15(25)11-5-3-6-12(9-11)19(20,21)22/h3-9,14H,10H2,1-2H3,(H,23,25). The van der Waals surface area contributed by atoms with Gasteiger partial charge in [-0.3, -0.25) is 14.5 Å². The second-order valence-electron chi connectivity index (χ2n) is 6.96. The Bertz CT molecular complexity index is 942. The van der Waals surface area contributed by atoms with Crippen LogP contribution in [0.25, 0.3) is 0 Å². The third-order valence-corrected chi connectivity index (χ3v) is 6.03. The molecule has 29 heavy (non-hydrogen) atoms. The molecule has 0 bridgehead atoms. The number of rotatable bonds is 4. The maximum absolute atomic E-state index is 13.1. The number of furan rings is 1. The minimum Gasteiger partial charge on any atom is -0.467 e. The van der Waals surface area contributed by atoms with E-state index >= 15 is 0 Å². The van der Waals surface area contributed by atoms with Gasteiger partial charge in [0.05, 0.1) is 18.4 Å². The average molecular weight is 442 g/mol. The molecule has 2 aromatic rings. The van der Waals surface area contributed by atoms with Gasteiger partial charge in [-0.05, 0) is 44.2 Å². The van der Waals surface area contributed by atoms with Gasteiger partial charge in [0.2, 0.25) is 0 Å². The summed E-state index contributed by atoms with van der Waals surface area (Å²) < 4.78 is 43.6. The molecule has 2 heterocycles. The monoisotopic (exact) mass is 442 g/mol. The topological polar surface area (TPSA) is 62.6 Å². The maximum atomic E-state index is 13.1. The summed E-state index contributed by atoms with van der Waals surface area (Å²) >= 11 is 6.56. The van der Waals surface area contributed by atoms with E-state index in [-0.39, 0.29) is 12.1 Å². The lowest BCUT2D eigenvalue weighted by molar-refractivity contribution is -0.137. The molecule has 0 radical (unpaired) electrons. The van der Waals surface area contributed by atoms with Gasteiger partial charge in [-0.15, -0.1) is 0 Å². The van der Waals surface area contributed by atoms with Gasteiger partial charge in [-0.2, -0.15) is 13.2 Å². The SMILES string of the molecule is CC1(C)SC(=S)N(Cc2ccco2)C(=O)C1NC(=O)c1cccc(C(F)(F)F)c1. The Balaban J connectivity index is 1.83. The number of amides is 2. The number of thiocarbonyl (C=S) groups is 1. The Morgan fingerprint density at radius 2 is 2.03 bits per heavy atom. The smallest absolute Gasteiger partial charge is 0.416 e. The van der Waals surface area contributed by atoms with Gasteiger partial charge in [-0.25, -0.2) is 0 Å². The van der Waals surface area contributed by atoms with Crippen molar-refractivity contribution >= 4 is 40.1 Å². The molecule has 0 saturated carbocycles. The lowest BCUT2D eigenvalue weighted by atomic mass is 10.00. The van der Waals surface area contributed by atoms with Crippen molar-refractivity contribution in [2.45, 2.75) is 37.4 Å². The van der Waals surface area contributed by atoms with Crippen LogP contribution in [0.3, 0.4) is 0 Å². The molecule has 5 nitrogen and oxygen atoms in total. The van der Waals surface area contributed by atoms with Crippen molar-refractivity contribution in [1.29, 1.82) is 0 Å². The van der Waals surface area contributed by atoms with E-state index in [1.165, 1.54) is 29.0 Å². The molecule has 1 aliphatic heterocycles. The highest BCUT2D eigenvalue weighted by atomic mass is 32.2. The van der Waals surface area contributed by atoms with Gasteiger partial charge in [0.15, 0.2) is 0 Å². The molecule has 1 atom stereocenters. The molecule has 1 N–H and O–H groups in total. The van der Waals surface area contributed by atoms with Crippen molar-refractivity contribution in [1.82, 2.24) is 10.2 Å². The van der Waals surface area contributed by atoms with Gasteiger partial charge in [0, 0.05) is 10.3 Å². The molecule has 0 spiro atoms. The summed E-state index contributed by atoms with van der Waals surface area (Å²) in [4.78, 5) is 27.0. The van der Waals surface area contributed by atoms with E-state index in [0.29, 0.717) is 10.1 Å². The fourth-order valence-corrected chi connectivity index (χ4v) is 4.66. The van der Waals surface area contributed by atoms with Crippen LogP contribution in [0.2, 0.25) is 0 Å². The number of thioether (sulfide) groups is 1. The molecule has 1 saturated heterocycles. The van der Waals surface area contributed by atoms with E-state index in [0.717, 1.165) is 18.2 Å². The number of carbonyl (C=O) groups is 2. The Morgan fingerprint density at radius 3 is 2.66 bits per heavy atom. The van der Waals surface area contributed by atoms with Crippen molar-refractivity contribution in [3.05, 3.63) is 59.5 Å². The second-order valence-corrected chi connectivity index (χ2v) is 9.25. The number of carbonyl (C=O) groups excluding carboxylic acids is 2. The predicted molar refractivity (Wildman–Crippen MR) is 106 cm³/mol. The van der Waals surface area contributed by atoms with Gasteiger partial charge in [-0.1, -0.05) is 30.0 Å². The van der Waals surface area contributed by atoms with Crippen LogP contribution in [-0.4, -0.2) is 31.8 Å². The summed E-state index contributed by atoms with van der Waals surface area (Å²) in [5.41, 5.74) is -1.12. The Labute approximate surface area is 174 Å². The second kappa shape index (κ2) is 7.83. The summed E-state index contributed by atoms with van der Waals surface area (Å²) in [5.74, 6) is -0.701. The minimum absolute atomic E-state index is 0.101. The van der Waals surface area contributed by atoms with E-state index in [1.54, 1.807) is 26.0 Å². The van der Waals surface area contributed by atoms with E-state index in [1.807, 2.05) is 0 Å². The zero-order valence-electron chi connectivity index (χ0n) is 15.4. The van der Waals surface area contributed by atoms with Crippen LogP contribution in [0.4, 0.5) is 13.2 Å². The lowest BCUT2D eigenvalue weighted by Gasteiger charge is -2.42. The molecule has 1 aromatic carbocycles. The number of hydrogen-bond acceptors (Lipinski definition) is 5. The van der Waals surface area contributed by atoms with Crippen LogP contribution in [-0.2, 0) is 17.5 Å². The summed E-state index contributed by atoms with van der Waals surface area (Å²) in [5, 5.41) is 2.58. The van der Waals surface area contributed by atoms with Crippen LogP contribution >= 0.6 is 24.0 Å². The van der Waals surface area contributed by atoms with Gasteiger partial charge in [0.25, 0.3) is 11.8 Å². The fourth-order valence-electron chi connectivity index (χ4n) is 2.87. The summed E-state index contributed by atoms with van der Waals surface area (Å²) in [6.45, 7) is 3.58. The van der Waals surface area contributed by atoms with Crippen LogP contribution in [0.1, 0.15) is 35.5 Å². The molecular formula is C19H17F3N2O3S2. The van der Waals surface area contributed by atoms with Gasteiger partial charge < -0.3 is 9.73 Å². The molecule has 1 aliphatic rings. The zero-order chi connectivity index (χ0) is 21.4. The fraction of sp³-hybridized carbons (Fsp3) is 0.316. The van der Waals surface area contributed by atoms with Gasteiger partial charge in [0.1, 0.15) is 16.1 Å². The summed E-state index contributed by atoms with van der Waals surface area (Å²) in [6, 6.07) is 6.44. The van der Waals surface area contributed by atoms with Crippen molar-refractivity contribution < 1.29 is 27.2 Å². The molecule has 1 aromatic heterocycles. The Kier molecular flexibility index (Phi) is 5.77. The predicted octanol–water partition coefficient (Wildman–Crippen LogP) is 4.24. The number of nitrogens with zero attached hydrogens (tertiary/aromatic N) is 1. The van der Waals surface area contributed by atoms with Crippen molar-refractivity contribution in [3.63, 3.8) is 0 Å². The summed E-state index contributed by atoms with van der Waals surface area (Å²) in [7, 11) is 0. The third-order valence-electron chi connectivity index (χ3n) is 4.40. The van der Waals surface area contributed by atoms with Crippen molar-refractivity contribution in [2.75, 3.05) is 0 Å². The molecule has 0 aliphatic carbocycles. The highest BCUT2D eigenvalue weighted by Crippen LogP contribution is 2.37. The largest absolute Gasteiger partial charge is 0.467 e. The number of benzene rings is 1. The van der Waals surface area contributed by atoms with Crippen molar-refractivity contribution in [3.8, 4) is 0 Å². The molecule has 154 valence electrons. The highest BCUT2D eigenvalue weighted by molar-refractivity contribution is 8.24. The molecule has 2 amide bonds. The first-order chi connectivity index (χ1) is 13.5. The summed E-state index contributed by atoms with van der Waals surface area (Å²) in [6.07, 6.45) is -3.10. The van der Waals surface area contributed by atoms with Crippen LogP contribution in [0, 0.1) is 0 Å². The van der Waals surface area contributed by atoms with E-state index in [2.05, 4.69) is 5.32 Å². The maximum Gasteiger partial charge on any atom is 0.416 e. The number of nitrogens with one attached hydrogen (secondary N) is 1. The lowest BCUT2D eigenvalue weighted by Crippen LogP contribution is -2.62. The third kappa shape index (κ3) is 4.64. The molecular weight excluding hydrogens is 425 g/mol. The highest BCUT2D eigenvalue weighted by Gasteiger charge is 2.46. The average Bonchev–Trinajstić information content (AvgIpc) is 3.14. The first-order valence-electron chi connectivity index (χ1n) is 8.54. The molecule has 3 rings (SSSR count). The minimum atomic E-state index is -4.57. The first kappa shape index (κ1) is 21.4. The van der Waals surface area contributed by atoms with Gasteiger partial charge >= 0.3 is 6.18 Å². The molecule has 10 heteroatoms. The van der Waals surface area contributed by atoms with Crippen LogP contribution in [0.15, 0.2) is 47.1 Å². The quantitative estimate of drug-likeness (QED) is 0.718. The number of alkyl halides is 3. The number of hydrogen-bond donors (Lipinski definition) is 1. The Morgan fingerprint density at radius 1 is 1.31 bits per heavy atom. The van der Waals surface area contributed by atoms with E-state index in [4.69, 9.17) is 16.6 Å².